The number of carbonyl (C=O) groups excluding carboxylic acids is 1. The second-order valence-electron chi connectivity index (χ2n) is 7.37. The molecule has 0 radical (unpaired) electrons. The third-order valence-corrected chi connectivity index (χ3v) is 6.51. The quantitative estimate of drug-likeness (QED) is 0.175. The first-order valence-corrected chi connectivity index (χ1v) is 12.2. The number of aryl methyl sites for hydroxylation is 2. The Morgan fingerprint density at radius 1 is 1.06 bits per heavy atom. The molecule has 1 N–H and O–H groups in total. The molecule has 0 fully saturated rings. The molecule has 0 bridgehead atoms. The fourth-order valence-corrected chi connectivity index (χ4v) is 4.17. The van der Waals surface area contributed by atoms with Gasteiger partial charge in [-0.05, 0) is 124 Å². The van der Waals surface area contributed by atoms with Crippen molar-refractivity contribution in [2.75, 3.05) is 12.4 Å². The zero-order valence-electron chi connectivity index (χ0n) is 18.4. The van der Waals surface area contributed by atoms with Gasteiger partial charge in [0.15, 0.2) is 11.5 Å². The number of nitriles is 1. The van der Waals surface area contributed by atoms with E-state index in [4.69, 9.17) is 9.47 Å². The van der Waals surface area contributed by atoms with E-state index in [1.807, 2.05) is 68.4 Å². The van der Waals surface area contributed by atoms with Crippen molar-refractivity contribution >= 4 is 62.9 Å². The summed E-state index contributed by atoms with van der Waals surface area (Å²) in [6.45, 7) is 4.38. The van der Waals surface area contributed by atoms with Crippen molar-refractivity contribution in [1.29, 1.82) is 5.26 Å². The van der Waals surface area contributed by atoms with Crippen LogP contribution >= 0.6 is 45.2 Å². The first-order chi connectivity index (χ1) is 15.8. The van der Waals surface area contributed by atoms with E-state index in [1.54, 1.807) is 19.3 Å². The monoisotopic (exact) mass is 664 g/mol. The smallest absolute Gasteiger partial charge is 0.266 e. The van der Waals surface area contributed by atoms with Gasteiger partial charge >= 0.3 is 0 Å². The van der Waals surface area contributed by atoms with E-state index in [1.165, 1.54) is 0 Å². The van der Waals surface area contributed by atoms with Crippen molar-refractivity contribution in [3.05, 3.63) is 89.6 Å². The van der Waals surface area contributed by atoms with Crippen LogP contribution in [0.4, 0.5) is 5.69 Å². The van der Waals surface area contributed by atoms with Crippen molar-refractivity contribution < 1.29 is 14.3 Å². The molecule has 3 aromatic carbocycles. The Labute approximate surface area is 221 Å². The molecule has 0 aliphatic carbocycles. The number of rotatable bonds is 7. The van der Waals surface area contributed by atoms with Gasteiger partial charge in [-0.25, -0.2) is 0 Å². The van der Waals surface area contributed by atoms with Crippen molar-refractivity contribution in [1.82, 2.24) is 0 Å². The number of amides is 1. The zero-order valence-corrected chi connectivity index (χ0v) is 22.7. The average molecular weight is 664 g/mol. The molecule has 3 rings (SSSR count). The third kappa shape index (κ3) is 6.71. The first kappa shape index (κ1) is 25.1. The molecule has 0 unspecified atom stereocenters. The van der Waals surface area contributed by atoms with Crippen LogP contribution in [0, 0.1) is 32.3 Å². The van der Waals surface area contributed by atoms with Crippen LogP contribution in [0.15, 0.2) is 60.2 Å². The summed E-state index contributed by atoms with van der Waals surface area (Å²) in [5, 5.41) is 12.4. The molecule has 0 aromatic heterocycles. The van der Waals surface area contributed by atoms with E-state index in [0.717, 1.165) is 23.8 Å². The Morgan fingerprint density at radius 2 is 1.79 bits per heavy atom. The van der Waals surface area contributed by atoms with Gasteiger partial charge in [-0.1, -0.05) is 18.2 Å². The van der Waals surface area contributed by atoms with Gasteiger partial charge in [-0.15, -0.1) is 0 Å². The van der Waals surface area contributed by atoms with Gasteiger partial charge in [-0.3, -0.25) is 4.79 Å². The number of benzene rings is 3. The number of nitrogens with zero attached hydrogens (tertiary/aromatic N) is 1. The van der Waals surface area contributed by atoms with Crippen LogP contribution in [-0.2, 0) is 11.4 Å². The van der Waals surface area contributed by atoms with Crippen LogP contribution in [0.2, 0.25) is 0 Å². The van der Waals surface area contributed by atoms with Crippen LogP contribution in [0.1, 0.15) is 22.3 Å². The largest absolute Gasteiger partial charge is 0.493 e. The highest BCUT2D eigenvalue weighted by atomic mass is 127. The van der Waals surface area contributed by atoms with Crippen LogP contribution in [0.5, 0.6) is 11.5 Å². The summed E-state index contributed by atoms with van der Waals surface area (Å²) in [5.41, 5.74) is 4.57. The predicted molar refractivity (Wildman–Crippen MR) is 147 cm³/mol. The molecule has 1 amide bonds. The summed E-state index contributed by atoms with van der Waals surface area (Å²) >= 11 is 4.43. The highest BCUT2D eigenvalue weighted by Gasteiger charge is 2.14. The molecule has 0 spiro atoms. The molecule has 0 atom stereocenters. The lowest BCUT2D eigenvalue weighted by atomic mass is 10.1. The standard InChI is InChI=1S/C26H22I2N2O3/c1-16-4-9-22(10-17(16)2)30-26(31)20(14-29)11-19-12-23(28)25(24(13-19)32-3)33-15-18-5-7-21(27)8-6-18/h4-13H,15H2,1-3H3,(H,30,31)/b20-11+. The van der Waals surface area contributed by atoms with Gasteiger partial charge in [0, 0.05) is 9.26 Å². The van der Waals surface area contributed by atoms with Crippen LogP contribution in [-0.4, -0.2) is 13.0 Å². The average Bonchev–Trinajstić information content (AvgIpc) is 2.79. The summed E-state index contributed by atoms with van der Waals surface area (Å²) in [6.07, 6.45) is 1.55. The van der Waals surface area contributed by atoms with Gasteiger partial charge < -0.3 is 14.8 Å². The number of hydrogen-bond acceptors (Lipinski definition) is 4. The molecule has 0 saturated heterocycles. The lowest BCUT2D eigenvalue weighted by molar-refractivity contribution is -0.112. The Kier molecular flexibility index (Phi) is 8.74. The van der Waals surface area contributed by atoms with Crippen LogP contribution < -0.4 is 14.8 Å². The SMILES string of the molecule is COc1cc(/C=C(\C#N)C(=O)Nc2ccc(C)c(C)c2)cc(I)c1OCc1ccc(I)cc1. The maximum Gasteiger partial charge on any atom is 0.266 e. The zero-order chi connectivity index (χ0) is 24.0. The minimum absolute atomic E-state index is 0.00126. The van der Waals surface area contributed by atoms with Gasteiger partial charge in [0.2, 0.25) is 0 Å². The van der Waals surface area contributed by atoms with E-state index < -0.39 is 5.91 Å². The number of carbonyl (C=O) groups is 1. The Morgan fingerprint density at radius 3 is 2.42 bits per heavy atom. The van der Waals surface area contributed by atoms with Crippen LogP contribution in [0.25, 0.3) is 6.08 Å². The molecule has 0 saturated carbocycles. The fourth-order valence-electron chi connectivity index (χ4n) is 3.03. The second kappa shape index (κ2) is 11.5. The molecule has 5 nitrogen and oxygen atoms in total. The van der Waals surface area contributed by atoms with Gasteiger partial charge in [0.1, 0.15) is 18.2 Å². The fraction of sp³-hybridized carbons (Fsp3) is 0.154. The van der Waals surface area contributed by atoms with Gasteiger partial charge in [-0.2, -0.15) is 5.26 Å². The minimum atomic E-state index is -0.464. The van der Waals surface area contributed by atoms with E-state index in [9.17, 15) is 10.1 Å². The summed E-state index contributed by atoms with van der Waals surface area (Å²) in [5.74, 6) is 0.686. The van der Waals surface area contributed by atoms with Crippen LogP contribution in [0.3, 0.4) is 0 Å². The Bertz CT molecular complexity index is 1250. The number of ether oxygens (including phenoxy) is 2. The molecule has 0 aliphatic rings. The van der Waals surface area contributed by atoms with E-state index in [2.05, 4.69) is 50.5 Å². The summed E-state index contributed by atoms with van der Waals surface area (Å²) < 4.78 is 13.5. The summed E-state index contributed by atoms with van der Waals surface area (Å²) in [7, 11) is 1.56. The van der Waals surface area contributed by atoms with Gasteiger partial charge in [0.25, 0.3) is 5.91 Å². The maximum absolute atomic E-state index is 12.7. The molecule has 33 heavy (non-hydrogen) atoms. The van der Waals surface area contributed by atoms with Crippen molar-refractivity contribution in [3.8, 4) is 17.6 Å². The topological polar surface area (TPSA) is 71.3 Å². The number of methoxy groups -OCH3 is 1. The molecule has 0 aliphatic heterocycles. The molecular formula is C26H22I2N2O3. The molecule has 0 heterocycles. The van der Waals surface area contributed by atoms with Crippen molar-refractivity contribution in [3.63, 3.8) is 0 Å². The number of hydrogen-bond donors (Lipinski definition) is 1. The lowest BCUT2D eigenvalue weighted by Gasteiger charge is -2.14. The Hall–Kier alpha value is -2.58. The highest BCUT2D eigenvalue weighted by Crippen LogP contribution is 2.35. The normalized spacial score (nSPS) is 11.0. The number of halogens is 2. The lowest BCUT2D eigenvalue weighted by Crippen LogP contribution is -2.13. The molecule has 7 heteroatoms. The van der Waals surface area contributed by atoms with E-state index in [0.29, 0.717) is 29.4 Å². The first-order valence-electron chi connectivity index (χ1n) is 10.1. The second-order valence-corrected chi connectivity index (χ2v) is 9.78. The molecule has 3 aromatic rings. The van der Waals surface area contributed by atoms with Crippen molar-refractivity contribution in [2.24, 2.45) is 0 Å². The molecule has 168 valence electrons. The van der Waals surface area contributed by atoms with E-state index >= 15 is 0 Å². The predicted octanol–water partition coefficient (Wildman–Crippen LogP) is 6.65. The maximum atomic E-state index is 12.7. The van der Waals surface area contributed by atoms with Gasteiger partial charge in [0.05, 0.1) is 10.7 Å². The third-order valence-electron chi connectivity index (χ3n) is 4.99. The van der Waals surface area contributed by atoms with E-state index in [-0.39, 0.29) is 5.57 Å². The Balaban J connectivity index is 1.81. The summed E-state index contributed by atoms with van der Waals surface area (Å²) in [6, 6.07) is 19.3. The van der Waals surface area contributed by atoms with Crippen molar-refractivity contribution in [2.45, 2.75) is 20.5 Å². The number of anilines is 1. The molecular weight excluding hydrogens is 642 g/mol. The number of nitrogens with one attached hydrogen (secondary N) is 1. The minimum Gasteiger partial charge on any atom is -0.493 e. The highest BCUT2D eigenvalue weighted by molar-refractivity contribution is 14.1. The summed E-state index contributed by atoms with van der Waals surface area (Å²) in [4.78, 5) is 12.7.